The fraction of sp³-hybridized carbons (Fsp3) is 0.417. The van der Waals surface area contributed by atoms with Crippen LogP contribution >= 0.6 is 11.6 Å². The van der Waals surface area contributed by atoms with Crippen LogP contribution in [0.1, 0.15) is 55.9 Å². The number of ether oxygens (including phenoxy) is 1. The number of hydrogen-bond donors (Lipinski definition) is 0. The van der Waals surface area contributed by atoms with Crippen molar-refractivity contribution in [1.82, 2.24) is 0 Å². The molecule has 1 aliphatic heterocycles. The first-order valence-electron chi connectivity index (χ1n) is 9.63. The Balaban J connectivity index is 2.30. The maximum atomic E-state index is 14.7. The number of hydrogen-bond acceptors (Lipinski definition) is 3. The van der Waals surface area contributed by atoms with Crippen LogP contribution in [-0.2, 0) is 14.3 Å². The van der Waals surface area contributed by atoms with Crippen molar-refractivity contribution in [2.75, 3.05) is 0 Å². The molecule has 0 saturated carbocycles. The second kappa shape index (κ2) is 7.03. The van der Waals surface area contributed by atoms with Gasteiger partial charge in [-0.2, -0.15) is 0 Å². The number of rotatable bonds is 2. The van der Waals surface area contributed by atoms with Gasteiger partial charge in [0, 0.05) is 10.6 Å². The molecule has 1 fully saturated rings. The van der Waals surface area contributed by atoms with Crippen molar-refractivity contribution in [3.63, 3.8) is 0 Å². The summed E-state index contributed by atoms with van der Waals surface area (Å²) in [5.74, 6) is -1.95. The van der Waals surface area contributed by atoms with Gasteiger partial charge in [-0.15, -0.1) is 0 Å². The van der Waals surface area contributed by atoms with Gasteiger partial charge in [0.15, 0.2) is 11.6 Å². The number of Topliss-reactive ketones (excluding diaryl/α,β-unsaturated/α-hetero) is 2. The van der Waals surface area contributed by atoms with Gasteiger partial charge in [0.1, 0.15) is 22.9 Å². The highest BCUT2D eigenvalue weighted by atomic mass is 35.5. The molecule has 0 radical (unpaired) electrons. The molecule has 0 bridgehead atoms. The molecule has 3 rings (SSSR count). The molecule has 0 unspecified atom stereocenters. The lowest BCUT2D eigenvalue weighted by molar-refractivity contribution is -0.184. The molecule has 0 aliphatic carbocycles. The van der Waals surface area contributed by atoms with E-state index in [2.05, 4.69) is 0 Å². The number of carbonyl (C=O) groups excluding carboxylic acids is 2. The third-order valence-electron chi connectivity index (χ3n) is 5.74. The van der Waals surface area contributed by atoms with Gasteiger partial charge in [-0.25, -0.2) is 4.39 Å². The molecular weight excluding hydrogens is 391 g/mol. The topological polar surface area (TPSA) is 43.4 Å². The van der Waals surface area contributed by atoms with E-state index in [9.17, 15) is 14.0 Å². The van der Waals surface area contributed by atoms with E-state index < -0.39 is 22.9 Å². The van der Waals surface area contributed by atoms with E-state index in [0.717, 1.165) is 16.7 Å². The minimum Gasteiger partial charge on any atom is -0.354 e. The molecule has 0 N–H and O–H groups in total. The smallest absolute Gasteiger partial charge is 0.179 e. The van der Waals surface area contributed by atoms with E-state index in [-0.39, 0.29) is 11.6 Å². The summed E-state index contributed by atoms with van der Waals surface area (Å²) < 4.78 is 20.5. The summed E-state index contributed by atoms with van der Waals surface area (Å²) in [6, 6.07) is 6.44. The fourth-order valence-corrected chi connectivity index (χ4v) is 4.73. The first-order valence-corrected chi connectivity index (χ1v) is 10.0. The Morgan fingerprint density at radius 2 is 1.48 bits per heavy atom. The zero-order valence-corrected chi connectivity index (χ0v) is 18.6. The van der Waals surface area contributed by atoms with Crippen molar-refractivity contribution in [3.8, 4) is 11.1 Å². The molecule has 0 atom stereocenters. The lowest BCUT2D eigenvalue weighted by Gasteiger charge is -2.43. The van der Waals surface area contributed by atoms with Gasteiger partial charge in [-0.3, -0.25) is 9.59 Å². The number of halogens is 2. The zero-order valence-electron chi connectivity index (χ0n) is 17.9. The Kier molecular flexibility index (Phi) is 5.25. The third kappa shape index (κ3) is 3.53. The summed E-state index contributed by atoms with van der Waals surface area (Å²) in [6.07, 6.45) is 0. The van der Waals surface area contributed by atoms with Crippen LogP contribution in [0.5, 0.6) is 0 Å². The summed E-state index contributed by atoms with van der Waals surface area (Å²) in [5.41, 5.74) is 1.95. The van der Waals surface area contributed by atoms with Gasteiger partial charge in [0.2, 0.25) is 0 Å². The average molecular weight is 417 g/mol. The van der Waals surface area contributed by atoms with Crippen LogP contribution in [0, 0.1) is 26.6 Å². The van der Waals surface area contributed by atoms with Crippen molar-refractivity contribution in [2.45, 2.75) is 65.6 Å². The van der Waals surface area contributed by atoms with Gasteiger partial charge < -0.3 is 4.74 Å². The molecule has 29 heavy (non-hydrogen) atoms. The predicted molar refractivity (Wildman–Crippen MR) is 113 cm³/mol. The van der Waals surface area contributed by atoms with E-state index in [1.54, 1.807) is 39.8 Å². The van der Waals surface area contributed by atoms with Gasteiger partial charge in [0.25, 0.3) is 0 Å². The van der Waals surface area contributed by atoms with E-state index in [0.29, 0.717) is 21.7 Å². The molecule has 1 heterocycles. The standard InChI is InChI=1S/C24H26ClFO3/c1-12-10-13(2)19(14(3)18(12)16-9-8-15(25)11-17(16)26)20-21(27)23(4,5)29-24(6,7)22(20)28/h8-11,20H,1-7H3. The van der Waals surface area contributed by atoms with Crippen LogP contribution in [0.4, 0.5) is 4.39 Å². The normalized spacial score (nSPS) is 18.9. The Morgan fingerprint density at radius 1 is 0.931 bits per heavy atom. The molecule has 2 aromatic rings. The lowest BCUT2D eigenvalue weighted by Crippen LogP contribution is -2.58. The van der Waals surface area contributed by atoms with Crippen molar-refractivity contribution < 1.29 is 18.7 Å². The zero-order chi connectivity index (χ0) is 21.9. The van der Waals surface area contributed by atoms with Gasteiger partial charge in [-0.05, 0) is 94.5 Å². The molecule has 3 nitrogen and oxygen atoms in total. The largest absolute Gasteiger partial charge is 0.354 e. The van der Waals surface area contributed by atoms with Crippen molar-refractivity contribution in [2.24, 2.45) is 0 Å². The summed E-state index contributed by atoms with van der Waals surface area (Å²) in [6.45, 7) is 12.4. The SMILES string of the molecule is Cc1cc(C)c(C2C(=O)C(C)(C)OC(C)(C)C2=O)c(C)c1-c1ccc(Cl)cc1F. The first kappa shape index (κ1) is 21.7. The summed E-state index contributed by atoms with van der Waals surface area (Å²) in [5, 5.41) is 0.312. The maximum Gasteiger partial charge on any atom is 0.179 e. The summed E-state index contributed by atoms with van der Waals surface area (Å²) in [7, 11) is 0. The van der Waals surface area contributed by atoms with Gasteiger partial charge >= 0.3 is 0 Å². The predicted octanol–water partition coefficient (Wildman–Crippen LogP) is 5.88. The molecule has 5 heteroatoms. The van der Waals surface area contributed by atoms with Gasteiger partial charge in [0.05, 0.1) is 0 Å². The molecule has 2 aromatic carbocycles. The minimum absolute atomic E-state index is 0.278. The Bertz CT molecular complexity index is 1010. The highest BCUT2D eigenvalue weighted by molar-refractivity contribution is 6.30. The van der Waals surface area contributed by atoms with E-state index >= 15 is 0 Å². The van der Waals surface area contributed by atoms with Crippen LogP contribution in [0.3, 0.4) is 0 Å². The van der Waals surface area contributed by atoms with E-state index in [1.165, 1.54) is 6.07 Å². The highest BCUT2D eigenvalue weighted by Gasteiger charge is 2.53. The molecule has 1 saturated heterocycles. The van der Waals surface area contributed by atoms with Crippen molar-refractivity contribution in [3.05, 3.63) is 57.4 Å². The fourth-order valence-electron chi connectivity index (χ4n) is 4.57. The van der Waals surface area contributed by atoms with Crippen LogP contribution in [-0.4, -0.2) is 22.8 Å². The minimum atomic E-state index is -1.10. The number of aryl methyl sites for hydroxylation is 2. The lowest BCUT2D eigenvalue weighted by atomic mass is 9.71. The Hall–Kier alpha value is -2.04. The second-order valence-electron chi connectivity index (χ2n) is 8.83. The quantitative estimate of drug-likeness (QED) is 0.574. The van der Waals surface area contributed by atoms with Gasteiger partial charge in [-0.1, -0.05) is 17.7 Å². The monoisotopic (exact) mass is 416 g/mol. The highest BCUT2D eigenvalue weighted by Crippen LogP contribution is 2.43. The third-order valence-corrected chi connectivity index (χ3v) is 5.98. The average Bonchev–Trinajstić information content (AvgIpc) is 2.57. The molecule has 0 aromatic heterocycles. The molecule has 0 amide bonds. The maximum absolute atomic E-state index is 14.7. The number of carbonyl (C=O) groups is 2. The number of benzene rings is 2. The molecule has 0 spiro atoms. The summed E-state index contributed by atoms with van der Waals surface area (Å²) in [4.78, 5) is 26.5. The Morgan fingerprint density at radius 3 is 2.00 bits per heavy atom. The van der Waals surface area contributed by atoms with E-state index in [1.807, 2.05) is 26.8 Å². The van der Waals surface area contributed by atoms with Crippen LogP contribution in [0.2, 0.25) is 5.02 Å². The van der Waals surface area contributed by atoms with Crippen LogP contribution in [0.15, 0.2) is 24.3 Å². The Labute approximate surface area is 176 Å². The summed E-state index contributed by atoms with van der Waals surface area (Å²) >= 11 is 5.92. The van der Waals surface area contributed by atoms with Crippen LogP contribution in [0.25, 0.3) is 11.1 Å². The van der Waals surface area contributed by atoms with Crippen LogP contribution < -0.4 is 0 Å². The molecular formula is C24H26ClFO3. The number of ketones is 2. The molecule has 1 aliphatic rings. The van der Waals surface area contributed by atoms with Crippen molar-refractivity contribution >= 4 is 23.2 Å². The van der Waals surface area contributed by atoms with Crippen molar-refractivity contribution in [1.29, 1.82) is 0 Å². The molecule has 154 valence electrons. The first-order chi connectivity index (χ1) is 13.3. The second-order valence-corrected chi connectivity index (χ2v) is 9.27. The van der Waals surface area contributed by atoms with E-state index in [4.69, 9.17) is 16.3 Å².